The van der Waals surface area contributed by atoms with E-state index in [0.717, 1.165) is 0 Å². The molecule has 0 radical (unpaired) electrons. The molecule has 3 heterocycles. The molecule has 11 heteroatoms. The number of nitrogens with zero attached hydrogens (tertiary/aromatic N) is 2. The molecule has 1 amide bonds. The summed E-state index contributed by atoms with van der Waals surface area (Å²) in [5.74, 6) is -0.565. The summed E-state index contributed by atoms with van der Waals surface area (Å²) in [6.07, 6.45) is -4.38. The van der Waals surface area contributed by atoms with E-state index in [0.29, 0.717) is 21.7 Å². The molecule has 0 fully saturated rings. The number of aliphatic hydroxyl groups excluding tert-OH is 1. The Morgan fingerprint density at radius 3 is 2.81 bits per heavy atom. The van der Waals surface area contributed by atoms with E-state index < -0.39 is 30.3 Å². The van der Waals surface area contributed by atoms with Crippen LogP contribution in [0.1, 0.15) is 53.3 Å². The van der Waals surface area contributed by atoms with Crippen LogP contribution in [0.4, 0.5) is 24.7 Å². The van der Waals surface area contributed by atoms with Gasteiger partial charge >= 0.3 is 6.18 Å². The summed E-state index contributed by atoms with van der Waals surface area (Å²) in [4.78, 5) is 12.7. The minimum absolute atomic E-state index is 0.112. The van der Waals surface area contributed by atoms with Crippen molar-refractivity contribution < 1.29 is 27.5 Å². The van der Waals surface area contributed by atoms with Crippen LogP contribution in [0.25, 0.3) is 0 Å². The number of aliphatic hydroxyl groups is 1. The van der Waals surface area contributed by atoms with Gasteiger partial charge in [-0.3, -0.25) is 4.79 Å². The first-order valence-electron chi connectivity index (χ1n) is 9.39. The van der Waals surface area contributed by atoms with E-state index in [1.807, 2.05) is 0 Å². The Kier molecular flexibility index (Phi) is 5.44. The van der Waals surface area contributed by atoms with E-state index in [1.54, 1.807) is 43.3 Å². The maximum Gasteiger partial charge on any atom is 0.410 e. The fraction of sp³-hybridized carbons (Fsp3) is 0.300. The van der Waals surface area contributed by atoms with Gasteiger partial charge in [0, 0.05) is 12.1 Å². The molecule has 1 aliphatic rings. The van der Waals surface area contributed by atoms with E-state index in [2.05, 4.69) is 15.7 Å². The van der Waals surface area contributed by atoms with Crippen LogP contribution in [0.5, 0.6) is 0 Å². The molecule has 0 spiro atoms. The molecule has 31 heavy (non-hydrogen) atoms. The number of furan rings is 1. The number of hydrogen-bond acceptors (Lipinski definition) is 5. The highest BCUT2D eigenvalue weighted by Crippen LogP contribution is 2.46. The predicted octanol–water partition coefficient (Wildman–Crippen LogP) is 5.10. The second-order valence-electron chi connectivity index (χ2n) is 7.22. The van der Waals surface area contributed by atoms with Gasteiger partial charge in [-0.25, -0.2) is 4.68 Å². The van der Waals surface area contributed by atoms with Crippen molar-refractivity contribution in [2.24, 2.45) is 0 Å². The number of benzene rings is 1. The summed E-state index contributed by atoms with van der Waals surface area (Å²) in [6.45, 7) is 1.57. The summed E-state index contributed by atoms with van der Waals surface area (Å²) < 4.78 is 47.2. The number of carbonyl (C=O) groups is 1. The molecule has 7 nitrogen and oxygen atoms in total. The van der Waals surface area contributed by atoms with Gasteiger partial charge in [0.2, 0.25) is 0 Å². The van der Waals surface area contributed by atoms with Crippen molar-refractivity contribution in [3.05, 3.63) is 64.7 Å². The maximum atomic E-state index is 13.8. The van der Waals surface area contributed by atoms with Crippen LogP contribution in [0.15, 0.2) is 47.1 Å². The fourth-order valence-electron chi connectivity index (χ4n) is 3.48. The molecule has 1 aromatic carbocycles. The van der Waals surface area contributed by atoms with Crippen molar-refractivity contribution in [1.29, 1.82) is 0 Å². The second-order valence-corrected chi connectivity index (χ2v) is 7.59. The van der Waals surface area contributed by atoms with Crippen LogP contribution >= 0.6 is 11.6 Å². The van der Waals surface area contributed by atoms with Crippen LogP contribution in [0.3, 0.4) is 0 Å². The zero-order valence-corrected chi connectivity index (χ0v) is 16.9. The molecule has 0 aliphatic carbocycles. The monoisotopic (exact) mass is 454 g/mol. The smallest absolute Gasteiger partial charge is 0.410 e. The van der Waals surface area contributed by atoms with E-state index in [1.165, 1.54) is 6.26 Å². The number of rotatable bonds is 4. The number of alkyl halides is 3. The van der Waals surface area contributed by atoms with Crippen molar-refractivity contribution in [3.8, 4) is 0 Å². The molecule has 2 aromatic heterocycles. The molecule has 3 N–H and O–H groups in total. The Hall–Kier alpha value is -2.98. The Labute approximate surface area is 179 Å². The van der Waals surface area contributed by atoms with Crippen LogP contribution in [0.2, 0.25) is 5.02 Å². The van der Waals surface area contributed by atoms with Crippen molar-refractivity contribution in [1.82, 2.24) is 9.78 Å². The molecular weight excluding hydrogens is 437 g/mol. The third-order valence-electron chi connectivity index (χ3n) is 5.02. The van der Waals surface area contributed by atoms with Crippen LogP contribution in [-0.4, -0.2) is 27.0 Å². The lowest BCUT2D eigenvalue weighted by molar-refractivity contribution is -0.174. The number of aromatic nitrogens is 2. The molecule has 3 atom stereocenters. The number of nitrogens with one attached hydrogen (secondary N) is 2. The molecule has 0 saturated heterocycles. The number of halogens is 4. The van der Waals surface area contributed by atoms with Gasteiger partial charge in [-0.05, 0) is 36.8 Å². The van der Waals surface area contributed by atoms with Gasteiger partial charge in [-0.2, -0.15) is 18.3 Å². The van der Waals surface area contributed by atoms with Crippen molar-refractivity contribution >= 4 is 29.0 Å². The Morgan fingerprint density at radius 1 is 1.39 bits per heavy atom. The summed E-state index contributed by atoms with van der Waals surface area (Å²) in [5.41, 5.74) is 0.563. The van der Waals surface area contributed by atoms with E-state index in [4.69, 9.17) is 16.0 Å². The van der Waals surface area contributed by atoms with Gasteiger partial charge in [0.25, 0.3) is 5.91 Å². The largest absolute Gasteiger partial charge is 0.467 e. The molecule has 0 bridgehead atoms. The Morgan fingerprint density at radius 2 is 2.16 bits per heavy atom. The number of anilines is 2. The minimum Gasteiger partial charge on any atom is -0.467 e. The van der Waals surface area contributed by atoms with Gasteiger partial charge in [0.05, 0.1) is 18.4 Å². The fourth-order valence-corrected chi connectivity index (χ4v) is 3.74. The summed E-state index contributed by atoms with van der Waals surface area (Å²) in [7, 11) is 0. The quantitative estimate of drug-likeness (QED) is 0.510. The first-order chi connectivity index (χ1) is 14.6. The lowest BCUT2D eigenvalue weighted by Gasteiger charge is -2.32. The zero-order chi connectivity index (χ0) is 22.3. The third kappa shape index (κ3) is 4.13. The average molecular weight is 455 g/mol. The number of hydrogen-bond donors (Lipinski definition) is 3. The lowest BCUT2D eigenvalue weighted by Crippen LogP contribution is -2.35. The molecule has 164 valence electrons. The molecule has 3 aromatic rings. The Bertz CT molecular complexity index is 1100. The average Bonchev–Trinajstić information content (AvgIpc) is 3.35. The van der Waals surface area contributed by atoms with E-state index in [9.17, 15) is 23.1 Å². The third-order valence-corrected chi connectivity index (χ3v) is 5.38. The SMILES string of the molecule is C[C@@H](O)c1cccc(NC(=O)c2nn3c(c2Cl)N[C@@H](c2ccco2)C[C@@H]3C(F)(F)F)c1. The highest BCUT2D eigenvalue weighted by molar-refractivity contribution is 6.36. The minimum atomic E-state index is -4.61. The normalized spacial score (nSPS) is 19.4. The standard InChI is InChI=1S/C20H18ClF3N4O3/c1-10(29)11-4-2-5-12(8-11)25-19(30)17-16(21)18-26-13(14-6-3-7-31-14)9-15(20(22,23)24)28(18)27-17/h2-8,10,13,15,26,29H,9H2,1H3,(H,25,30)/t10-,13-,15-/m1/s1. The number of fused-ring (bicyclic) bond motifs is 1. The summed E-state index contributed by atoms with van der Waals surface area (Å²) in [6, 6.07) is 6.80. The van der Waals surface area contributed by atoms with Gasteiger partial charge in [-0.1, -0.05) is 23.7 Å². The second kappa shape index (κ2) is 7.93. The van der Waals surface area contributed by atoms with Gasteiger partial charge in [0.1, 0.15) is 16.6 Å². The van der Waals surface area contributed by atoms with Crippen molar-refractivity contribution in [2.75, 3.05) is 10.6 Å². The number of amides is 1. The van der Waals surface area contributed by atoms with Gasteiger partial charge in [-0.15, -0.1) is 0 Å². The molecular formula is C20H18ClF3N4O3. The summed E-state index contributed by atoms with van der Waals surface area (Å²) in [5, 5.41) is 18.8. The predicted molar refractivity (Wildman–Crippen MR) is 107 cm³/mol. The molecule has 0 unspecified atom stereocenters. The number of carbonyl (C=O) groups excluding carboxylic acids is 1. The topological polar surface area (TPSA) is 92.3 Å². The first kappa shape index (κ1) is 21.3. The molecule has 4 rings (SSSR count). The summed E-state index contributed by atoms with van der Waals surface area (Å²) >= 11 is 6.28. The Balaban J connectivity index is 1.67. The van der Waals surface area contributed by atoms with Crippen LogP contribution in [0, 0.1) is 0 Å². The highest BCUT2D eigenvalue weighted by Gasteiger charge is 2.48. The van der Waals surface area contributed by atoms with Crippen LogP contribution in [-0.2, 0) is 0 Å². The van der Waals surface area contributed by atoms with E-state index >= 15 is 0 Å². The molecule has 0 saturated carbocycles. The van der Waals surface area contributed by atoms with Crippen LogP contribution < -0.4 is 10.6 Å². The molecule has 1 aliphatic heterocycles. The lowest BCUT2D eigenvalue weighted by atomic mass is 10.0. The zero-order valence-electron chi connectivity index (χ0n) is 16.2. The highest BCUT2D eigenvalue weighted by atomic mass is 35.5. The van der Waals surface area contributed by atoms with E-state index in [-0.39, 0.29) is 23.0 Å². The van der Waals surface area contributed by atoms with Gasteiger partial charge in [0.15, 0.2) is 11.7 Å². The first-order valence-corrected chi connectivity index (χ1v) is 9.77. The van der Waals surface area contributed by atoms with Crippen molar-refractivity contribution in [3.63, 3.8) is 0 Å². The van der Waals surface area contributed by atoms with Gasteiger partial charge < -0.3 is 20.2 Å². The maximum absolute atomic E-state index is 13.8. The van der Waals surface area contributed by atoms with Crippen molar-refractivity contribution in [2.45, 2.75) is 37.7 Å².